The summed E-state index contributed by atoms with van der Waals surface area (Å²) in [6, 6.07) is 3.73. The third-order valence-electron chi connectivity index (χ3n) is 2.97. The van der Waals surface area contributed by atoms with Crippen LogP contribution in [0, 0.1) is 11.6 Å². The van der Waals surface area contributed by atoms with Gasteiger partial charge in [0.1, 0.15) is 17.5 Å². The molecule has 3 nitrogen and oxygen atoms in total. The van der Waals surface area contributed by atoms with Crippen molar-refractivity contribution in [1.29, 1.82) is 0 Å². The maximum Gasteiger partial charge on any atom is 0.167 e. The largest absolute Gasteiger partial charge is 0.307 e. The van der Waals surface area contributed by atoms with Gasteiger partial charge in [-0.2, -0.15) is 0 Å². The average molecular weight is 270 g/mol. The summed E-state index contributed by atoms with van der Waals surface area (Å²) in [7, 11) is 0. The van der Waals surface area contributed by atoms with Gasteiger partial charge in [0.25, 0.3) is 0 Å². The summed E-state index contributed by atoms with van der Waals surface area (Å²) in [6.07, 6.45) is 2.02. The van der Waals surface area contributed by atoms with E-state index < -0.39 is 11.6 Å². The lowest BCUT2D eigenvalue weighted by Gasteiger charge is -2.08. The summed E-state index contributed by atoms with van der Waals surface area (Å²) < 4.78 is 28.5. The zero-order chi connectivity index (χ0) is 12.7. The first kappa shape index (κ1) is 11.6. The summed E-state index contributed by atoms with van der Waals surface area (Å²) in [5.41, 5.74) is 0.257. The van der Waals surface area contributed by atoms with E-state index in [9.17, 15) is 8.78 Å². The Kier molecular flexibility index (Phi) is 2.78. The van der Waals surface area contributed by atoms with Crippen LogP contribution in [0.2, 0.25) is 0 Å². The Labute approximate surface area is 107 Å². The Hall–Kier alpha value is -1.49. The van der Waals surface area contributed by atoms with Crippen LogP contribution in [0.15, 0.2) is 18.2 Å². The average Bonchev–Trinajstić information content (AvgIpc) is 3.09. The SMILES string of the molecule is Fc1ccc(-c2nnc(CCl)n2C2CC2)c(F)c1. The molecule has 0 unspecified atom stereocenters. The van der Waals surface area contributed by atoms with Crippen molar-refractivity contribution in [2.45, 2.75) is 24.8 Å². The Balaban J connectivity index is 2.13. The monoisotopic (exact) mass is 269 g/mol. The highest BCUT2D eigenvalue weighted by atomic mass is 35.5. The highest BCUT2D eigenvalue weighted by Gasteiger charge is 2.30. The molecule has 6 heteroatoms. The maximum atomic E-state index is 13.8. The van der Waals surface area contributed by atoms with E-state index in [1.165, 1.54) is 12.1 Å². The van der Waals surface area contributed by atoms with Crippen molar-refractivity contribution in [2.75, 3.05) is 0 Å². The minimum absolute atomic E-state index is 0.228. The summed E-state index contributed by atoms with van der Waals surface area (Å²) in [5, 5.41) is 7.93. The van der Waals surface area contributed by atoms with E-state index in [4.69, 9.17) is 11.6 Å². The van der Waals surface area contributed by atoms with Crippen molar-refractivity contribution in [2.24, 2.45) is 0 Å². The molecule has 0 spiro atoms. The molecule has 3 rings (SSSR count). The van der Waals surface area contributed by atoms with Crippen LogP contribution in [0.3, 0.4) is 0 Å². The van der Waals surface area contributed by atoms with Crippen molar-refractivity contribution in [3.8, 4) is 11.4 Å². The topological polar surface area (TPSA) is 30.7 Å². The summed E-state index contributed by atoms with van der Waals surface area (Å²) in [4.78, 5) is 0. The zero-order valence-corrected chi connectivity index (χ0v) is 10.2. The minimum atomic E-state index is -0.634. The molecule has 0 amide bonds. The third kappa shape index (κ3) is 1.88. The van der Waals surface area contributed by atoms with Gasteiger partial charge >= 0.3 is 0 Å². The van der Waals surface area contributed by atoms with Crippen LogP contribution >= 0.6 is 11.6 Å². The lowest BCUT2D eigenvalue weighted by Crippen LogP contribution is -2.03. The number of aromatic nitrogens is 3. The molecule has 1 saturated carbocycles. The van der Waals surface area contributed by atoms with E-state index in [0.29, 0.717) is 11.6 Å². The van der Waals surface area contributed by atoms with Gasteiger partial charge < -0.3 is 4.57 Å². The molecule has 1 aliphatic rings. The molecule has 0 atom stereocenters. The van der Waals surface area contributed by atoms with Crippen LogP contribution in [0.5, 0.6) is 0 Å². The van der Waals surface area contributed by atoms with E-state index in [2.05, 4.69) is 10.2 Å². The first-order chi connectivity index (χ1) is 8.70. The second kappa shape index (κ2) is 4.31. The van der Waals surface area contributed by atoms with Crippen LogP contribution in [0.4, 0.5) is 8.78 Å². The number of rotatable bonds is 3. The van der Waals surface area contributed by atoms with Gasteiger partial charge in [0, 0.05) is 12.1 Å². The van der Waals surface area contributed by atoms with Gasteiger partial charge in [-0.05, 0) is 25.0 Å². The number of benzene rings is 1. The molecule has 1 aliphatic carbocycles. The Morgan fingerprint density at radius 1 is 1.28 bits per heavy atom. The highest BCUT2D eigenvalue weighted by molar-refractivity contribution is 6.16. The van der Waals surface area contributed by atoms with E-state index in [-0.39, 0.29) is 17.5 Å². The molecule has 0 aliphatic heterocycles. The van der Waals surface area contributed by atoms with Crippen LogP contribution in [0.25, 0.3) is 11.4 Å². The first-order valence-corrected chi connectivity index (χ1v) is 6.19. The van der Waals surface area contributed by atoms with E-state index in [1.807, 2.05) is 4.57 Å². The molecule has 1 heterocycles. The third-order valence-corrected chi connectivity index (χ3v) is 3.21. The molecule has 18 heavy (non-hydrogen) atoms. The van der Waals surface area contributed by atoms with Gasteiger partial charge in [0.05, 0.1) is 11.4 Å². The number of hydrogen-bond donors (Lipinski definition) is 0. The predicted molar refractivity (Wildman–Crippen MR) is 63.2 cm³/mol. The second-order valence-electron chi connectivity index (χ2n) is 4.30. The van der Waals surface area contributed by atoms with Crippen LogP contribution in [-0.2, 0) is 5.88 Å². The smallest absolute Gasteiger partial charge is 0.167 e. The van der Waals surface area contributed by atoms with Gasteiger partial charge in [-0.3, -0.25) is 0 Å². The molecular weight excluding hydrogens is 260 g/mol. The Bertz CT molecular complexity index is 593. The van der Waals surface area contributed by atoms with Crippen LogP contribution in [0.1, 0.15) is 24.7 Å². The fourth-order valence-corrected chi connectivity index (χ4v) is 2.17. The number of alkyl halides is 1. The molecule has 0 radical (unpaired) electrons. The van der Waals surface area contributed by atoms with Gasteiger partial charge in [-0.25, -0.2) is 8.78 Å². The Morgan fingerprint density at radius 3 is 2.67 bits per heavy atom. The van der Waals surface area contributed by atoms with Crippen LogP contribution in [-0.4, -0.2) is 14.8 Å². The molecule has 0 bridgehead atoms. The van der Waals surface area contributed by atoms with E-state index >= 15 is 0 Å². The molecule has 1 aromatic heterocycles. The number of nitrogens with zero attached hydrogens (tertiary/aromatic N) is 3. The van der Waals surface area contributed by atoms with E-state index in [0.717, 1.165) is 18.9 Å². The van der Waals surface area contributed by atoms with Gasteiger partial charge in [-0.1, -0.05) is 0 Å². The molecular formula is C12H10ClF2N3. The van der Waals surface area contributed by atoms with Crippen molar-refractivity contribution in [3.05, 3.63) is 35.7 Å². The Morgan fingerprint density at radius 2 is 2.06 bits per heavy atom. The van der Waals surface area contributed by atoms with Gasteiger partial charge in [0.2, 0.25) is 0 Å². The normalized spacial score (nSPS) is 15.1. The lowest BCUT2D eigenvalue weighted by atomic mass is 10.2. The van der Waals surface area contributed by atoms with Crippen molar-refractivity contribution in [3.63, 3.8) is 0 Å². The molecule has 1 aromatic carbocycles. The predicted octanol–water partition coefficient (Wildman–Crippen LogP) is 3.30. The lowest BCUT2D eigenvalue weighted by molar-refractivity contribution is 0.583. The van der Waals surface area contributed by atoms with Gasteiger partial charge in [-0.15, -0.1) is 21.8 Å². The van der Waals surface area contributed by atoms with Crippen molar-refractivity contribution >= 4 is 11.6 Å². The van der Waals surface area contributed by atoms with Gasteiger partial charge in [0.15, 0.2) is 5.82 Å². The molecule has 94 valence electrons. The molecule has 1 fully saturated rings. The highest BCUT2D eigenvalue weighted by Crippen LogP contribution is 2.39. The fraction of sp³-hybridized carbons (Fsp3) is 0.333. The fourth-order valence-electron chi connectivity index (χ4n) is 1.99. The summed E-state index contributed by atoms with van der Waals surface area (Å²) in [6.45, 7) is 0. The summed E-state index contributed by atoms with van der Waals surface area (Å²) in [5.74, 6) is 0.0343. The molecule has 2 aromatic rings. The second-order valence-corrected chi connectivity index (χ2v) is 4.57. The number of hydrogen-bond acceptors (Lipinski definition) is 2. The van der Waals surface area contributed by atoms with Crippen LogP contribution < -0.4 is 0 Å². The quantitative estimate of drug-likeness (QED) is 0.801. The summed E-state index contributed by atoms with van der Waals surface area (Å²) >= 11 is 5.79. The van der Waals surface area contributed by atoms with Crippen molar-refractivity contribution < 1.29 is 8.78 Å². The number of halogens is 3. The zero-order valence-electron chi connectivity index (χ0n) is 9.41. The van der Waals surface area contributed by atoms with E-state index in [1.54, 1.807) is 0 Å². The minimum Gasteiger partial charge on any atom is -0.307 e. The molecule has 0 saturated heterocycles. The standard InChI is InChI=1S/C12H10ClF2N3/c13-6-11-16-17-12(18(11)8-2-3-8)9-4-1-7(14)5-10(9)15/h1,4-5,8H,2-3,6H2. The maximum absolute atomic E-state index is 13.8. The first-order valence-electron chi connectivity index (χ1n) is 5.66. The molecule has 0 N–H and O–H groups in total. The van der Waals surface area contributed by atoms with Crippen molar-refractivity contribution in [1.82, 2.24) is 14.8 Å².